The molecule has 0 saturated heterocycles. The zero-order valence-electron chi connectivity index (χ0n) is 11.2. The molecule has 0 bridgehead atoms. The fourth-order valence-electron chi connectivity index (χ4n) is 2.60. The third kappa shape index (κ3) is 2.14. The highest BCUT2D eigenvalue weighted by Gasteiger charge is 2.50. The number of methoxy groups -OCH3 is 2. The summed E-state index contributed by atoms with van der Waals surface area (Å²) in [6, 6.07) is 4.68. The predicted octanol–water partition coefficient (Wildman–Crippen LogP) is 1.96. The lowest BCUT2D eigenvalue weighted by atomic mass is 9.62. The molecule has 1 saturated carbocycles. The van der Waals surface area contributed by atoms with Gasteiger partial charge < -0.3 is 20.3 Å². The first-order valence-corrected chi connectivity index (χ1v) is 6.26. The number of hydrogen-bond acceptors (Lipinski definition) is 4. The minimum Gasteiger partial charge on any atom is -0.497 e. The molecule has 0 amide bonds. The Morgan fingerprint density at radius 2 is 2.05 bits per heavy atom. The van der Waals surface area contributed by atoms with Crippen LogP contribution < -0.4 is 15.2 Å². The van der Waals surface area contributed by atoms with E-state index in [9.17, 15) is 9.90 Å². The fraction of sp³-hybridized carbons (Fsp3) is 0.500. The van der Waals surface area contributed by atoms with Crippen LogP contribution in [0.2, 0.25) is 0 Å². The zero-order chi connectivity index (χ0) is 14.0. The van der Waals surface area contributed by atoms with Crippen molar-refractivity contribution in [3.05, 3.63) is 23.8 Å². The van der Waals surface area contributed by atoms with Gasteiger partial charge in [-0.1, -0.05) is 6.42 Å². The molecule has 5 heteroatoms. The van der Waals surface area contributed by atoms with Crippen molar-refractivity contribution in [1.29, 1.82) is 0 Å². The summed E-state index contributed by atoms with van der Waals surface area (Å²) in [7, 11) is 3.11. The van der Waals surface area contributed by atoms with Crippen molar-refractivity contribution in [3.8, 4) is 11.5 Å². The molecule has 0 radical (unpaired) electrons. The Morgan fingerprint density at radius 3 is 2.47 bits per heavy atom. The Hall–Kier alpha value is -1.75. The molecule has 1 aliphatic rings. The maximum atomic E-state index is 11.5. The van der Waals surface area contributed by atoms with E-state index >= 15 is 0 Å². The summed E-state index contributed by atoms with van der Waals surface area (Å²) in [5.41, 5.74) is 6.03. The summed E-state index contributed by atoms with van der Waals surface area (Å²) >= 11 is 0. The van der Waals surface area contributed by atoms with E-state index in [1.165, 1.54) is 0 Å². The number of carboxylic acids is 1. The lowest BCUT2D eigenvalue weighted by Gasteiger charge is -2.42. The van der Waals surface area contributed by atoms with Crippen molar-refractivity contribution in [1.82, 2.24) is 0 Å². The maximum absolute atomic E-state index is 11.5. The van der Waals surface area contributed by atoms with E-state index in [1.54, 1.807) is 32.4 Å². The van der Waals surface area contributed by atoms with Gasteiger partial charge in [0.2, 0.25) is 0 Å². The number of nitrogens with two attached hydrogens (primary N) is 1. The molecule has 19 heavy (non-hydrogen) atoms. The van der Waals surface area contributed by atoms with Gasteiger partial charge in [-0.3, -0.25) is 4.79 Å². The van der Waals surface area contributed by atoms with E-state index in [0.29, 0.717) is 29.9 Å². The van der Waals surface area contributed by atoms with E-state index in [0.717, 1.165) is 6.42 Å². The van der Waals surface area contributed by atoms with Gasteiger partial charge in [-0.05, 0) is 31.0 Å². The van der Waals surface area contributed by atoms with Crippen molar-refractivity contribution >= 4 is 5.97 Å². The Labute approximate surface area is 112 Å². The smallest absolute Gasteiger partial charge is 0.311 e. The number of rotatable bonds is 5. The average molecular weight is 265 g/mol. The van der Waals surface area contributed by atoms with Gasteiger partial charge in [0.25, 0.3) is 0 Å². The number of carboxylic acid groups (broad SMARTS) is 1. The second-order valence-electron chi connectivity index (χ2n) is 4.90. The summed E-state index contributed by atoms with van der Waals surface area (Å²) in [4.78, 5) is 11.5. The monoisotopic (exact) mass is 265 g/mol. The summed E-state index contributed by atoms with van der Waals surface area (Å²) in [6.45, 7) is 0. The highest BCUT2D eigenvalue weighted by molar-refractivity contribution is 5.77. The van der Waals surface area contributed by atoms with Crippen molar-refractivity contribution in [2.24, 2.45) is 11.1 Å². The topological polar surface area (TPSA) is 81.8 Å². The van der Waals surface area contributed by atoms with Gasteiger partial charge in [-0.2, -0.15) is 0 Å². The van der Waals surface area contributed by atoms with Crippen molar-refractivity contribution in [3.63, 3.8) is 0 Å². The average Bonchev–Trinajstić information content (AvgIpc) is 2.36. The molecule has 1 aliphatic carbocycles. The largest absolute Gasteiger partial charge is 0.497 e. The second-order valence-corrected chi connectivity index (χ2v) is 4.90. The van der Waals surface area contributed by atoms with Crippen LogP contribution in [0.15, 0.2) is 18.2 Å². The van der Waals surface area contributed by atoms with Crippen LogP contribution in [0.5, 0.6) is 11.5 Å². The fourth-order valence-corrected chi connectivity index (χ4v) is 2.60. The van der Waals surface area contributed by atoms with Gasteiger partial charge in [0.1, 0.15) is 11.5 Å². The molecule has 0 heterocycles. The van der Waals surface area contributed by atoms with Crippen LogP contribution in [-0.2, 0) is 4.79 Å². The third-order valence-electron chi connectivity index (χ3n) is 4.04. The Morgan fingerprint density at radius 1 is 1.37 bits per heavy atom. The predicted molar refractivity (Wildman–Crippen MR) is 70.4 cm³/mol. The molecule has 1 fully saturated rings. The van der Waals surface area contributed by atoms with Gasteiger partial charge in [-0.25, -0.2) is 0 Å². The van der Waals surface area contributed by atoms with Crippen LogP contribution in [0, 0.1) is 5.41 Å². The van der Waals surface area contributed by atoms with E-state index in [2.05, 4.69) is 0 Å². The minimum atomic E-state index is -0.875. The van der Waals surface area contributed by atoms with Gasteiger partial charge in [0.05, 0.1) is 19.6 Å². The molecule has 3 N–H and O–H groups in total. The van der Waals surface area contributed by atoms with Crippen LogP contribution in [-0.4, -0.2) is 25.3 Å². The van der Waals surface area contributed by atoms with E-state index < -0.39 is 17.4 Å². The first kappa shape index (κ1) is 13.7. The molecule has 0 aromatic heterocycles. The molecular formula is C14H19NO4. The third-order valence-corrected chi connectivity index (χ3v) is 4.04. The second kappa shape index (κ2) is 5.09. The quantitative estimate of drug-likeness (QED) is 0.850. The van der Waals surface area contributed by atoms with Crippen LogP contribution in [0.25, 0.3) is 0 Å². The first-order chi connectivity index (χ1) is 9.05. The van der Waals surface area contributed by atoms with Crippen LogP contribution >= 0.6 is 0 Å². The van der Waals surface area contributed by atoms with Crippen molar-refractivity contribution in [2.75, 3.05) is 14.2 Å². The van der Waals surface area contributed by atoms with Gasteiger partial charge in [0.15, 0.2) is 0 Å². The summed E-state index contributed by atoms with van der Waals surface area (Å²) < 4.78 is 10.5. The molecule has 0 spiro atoms. The number of benzene rings is 1. The lowest BCUT2D eigenvalue weighted by molar-refractivity contribution is -0.156. The number of carbonyl (C=O) groups is 1. The Kier molecular flexibility index (Phi) is 3.66. The van der Waals surface area contributed by atoms with Gasteiger partial charge in [0, 0.05) is 11.6 Å². The minimum absolute atomic E-state index is 0.594. The molecule has 0 aliphatic heterocycles. The van der Waals surface area contributed by atoms with E-state index in [-0.39, 0.29) is 0 Å². The first-order valence-electron chi connectivity index (χ1n) is 6.26. The maximum Gasteiger partial charge on any atom is 0.311 e. The molecule has 1 atom stereocenters. The highest BCUT2D eigenvalue weighted by atomic mass is 16.5. The molecule has 2 rings (SSSR count). The summed E-state index contributed by atoms with van der Waals surface area (Å²) in [6.07, 6.45) is 2.10. The standard InChI is InChI=1S/C14H19NO4/c1-18-9-4-5-11(19-2)10(8-9)12(15)14(13(16)17)6-3-7-14/h4-5,8,12H,3,6-7,15H2,1-2H3,(H,16,17). The normalized spacial score (nSPS) is 18.3. The van der Waals surface area contributed by atoms with Crippen LogP contribution in [0.3, 0.4) is 0 Å². The number of aliphatic carboxylic acids is 1. The van der Waals surface area contributed by atoms with Crippen molar-refractivity contribution in [2.45, 2.75) is 25.3 Å². The zero-order valence-corrected chi connectivity index (χ0v) is 11.2. The summed E-state index contributed by atoms with van der Waals surface area (Å²) in [5, 5.41) is 9.45. The molecule has 5 nitrogen and oxygen atoms in total. The molecule has 104 valence electrons. The number of hydrogen-bond donors (Lipinski definition) is 2. The SMILES string of the molecule is COc1ccc(OC)c(C(N)C2(C(=O)O)CCC2)c1. The highest BCUT2D eigenvalue weighted by Crippen LogP contribution is 2.51. The summed E-state index contributed by atoms with van der Waals surface area (Å²) in [5.74, 6) is 0.406. The number of ether oxygens (including phenoxy) is 2. The van der Waals surface area contributed by atoms with E-state index in [1.807, 2.05) is 0 Å². The Bertz CT molecular complexity index is 482. The van der Waals surface area contributed by atoms with Crippen LogP contribution in [0.1, 0.15) is 30.9 Å². The van der Waals surface area contributed by atoms with E-state index in [4.69, 9.17) is 15.2 Å². The lowest BCUT2D eigenvalue weighted by Crippen LogP contribution is -2.46. The molecule has 1 aromatic carbocycles. The van der Waals surface area contributed by atoms with Crippen molar-refractivity contribution < 1.29 is 19.4 Å². The Balaban J connectivity index is 2.42. The van der Waals surface area contributed by atoms with Gasteiger partial charge >= 0.3 is 5.97 Å². The van der Waals surface area contributed by atoms with Gasteiger partial charge in [-0.15, -0.1) is 0 Å². The molecule has 1 unspecified atom stereocenters. The van der Waals surface area contributed by atoms with Crippen LogP contribution in [0.4, 0.5) is 0 Å². The molecule has 1 aromatic rings. The molecular weight excluding hydrogens is 246 g/mol.